The van der Waals surface area contributed by atoms with Crippen LogP contribution in [0.25, 0.3) is 22.2 Å². The summed E-state index contributed by atoms with van der Waals surface area (Å²) >= 11 is 0. The van der Waals surface area contributed by atoms with E-state index < -0.39 is 0 Å². The van der Waals surface area contributed by atoms with Gasteiger partial charge in [0.15, 0.2) is 0 Å². The van der Waals surface area contributed by atoms with E-state index in [4.69, 9.17) is 10.7 Å². The summed E-state index contributed by atoms with van der Waals surface area (Å²) in [4.78, 5) is 25.5. The zero-order valence-electron chi connectivity index (χ0n) is 18.6. The van der Waals surface area contributed by atoms with Gasteiger partial charge < -0.3 is 21.4 Å². The number of carbonyl (C=O) groups excluding carboxylic acids is 1. The third-order valence-electron chi connectivity index (χ3n) is 6.37. The normalized spacial score (nSPS) is 18.2. The first kappa shape index (κ1) is 21.0. The van der Waals surface area contributed by atoms with Gasteiger partial charge >= 0.3 is 0 Å². The highest BCUT2D eigenvalue weighted by atomic mass is 16.1. The van der Waals surface area contributed by atoms with Gasteiger partial charge in [-0.05, 0) is 62.1 Å². The van der Waals surface area contributed by atoms with Crippen LogP contribution in [-0.2, 0) is 4.79 Å². The van der Waals surface area contributed by atoms with Gasteiger partial charge in [-0.3, -0.25) is 4.79 Å². The average Bonchev–Trinajstić information content (AvgIpc) is 3.26. The third-order valence-corrected chi connectivity index (χ3v) is 6.37. The molecule has 0 spiro atoms. The highest BCUT2D eigenvalue weighted by Gasteiger charge is 2.28. The fourth-order valence-corrected chi connectivity index (χ4v) is 4.60. The van der Waals surface area contributed by atoms with E-state index in [0.717, 1.165) is 59.1 Å². The van der Waals surface area contributed by atoms with E-state index in [-0.39, 0.29) is 17.9 Å². The van der Waals surface area contributed by atoms with Crippen LogP contribution in [0.1, 0.15) is 31.2 Å². The second kappa shape index (κ2) is 8.94. The summed E-state index contributed by atoms with van der Waals surface area (Å²) in [5.41, 5.74) is 11.3. The van der Waals surface area contributed by atoms with Crippen molar-refractivity contribution in [1.29, 1.82) is 0 Å². The number of H-pyrrole nitrogens is 1. The number of para-hydroxylation sites is 1. The maximum Gasteiger partial charge on any atom is 0.227 e. The summed E-state index contributed by atoms with van der Waals surface area (Å²) in [6.45, 7) is 2.03. The number of nitrogens with zero attached hydrogens (tertiary/aromatic N) is 2. The Bertz CT molecular complexity index is 1280. The molecule has 7 heteroatoms. The molecular weight excluding hydrogens is 412 g/mol. The number of aromatic amines is 1. The molecule has 33 heavy (non-hydrogen) atoms. The third kappa shape index (κ3) is 4.53. The smallest absolute Gasteiger partial charge is 0.227 e. The topological polar surface area (TPSA) is 109 Å². The van der Waals surface area contributed by atoms with Gasteiger partial charge in [-0.15, -0.1) is 0 Å². The van der Waals surface area contributed by atoms with E-state index >= 15 is 0 Å². The van der Waals surface area contributed by atoms with Crippen molar-refractivity contribution < 1.29 is 4.79 Å². The summed E-state index contributed by atoms with van der Waals surface area (Å²) in [5, 5.41) is 7.65. The van der Waals surface area contributed by atoms with Crippen molar-refractivity contribution in [1.82, 2.24) is 15.0 Å². The second-order valence-electron chi connectivity index (χ2n) is 8.79. The lowest BCUT2D eigenvalue weighted by Crippen LogP contribution is -2.34. The minimum Gasteiger partial charge on any atom is -0.399 e. The number of benzene rings is 2. The van der Waals surface area contributed by atoms with Gasteiger partial charge in [0.05, 0.1) is 5.69 Å². The maximum atomic E-state index is 12.8. The lowest BCUT2D eigenvalue weighted by atomic mass is 9.85. The molecule has 0 unspecified atom stereocenters. The molecule has 0 radical (unpaired) electrons. The molecule has 1 fully saturated rings. The van der Waals surface area contributed by atoms with Crippen molar-refractivity contribution in [2.75, 3.05) is 16.4 Å². The van der Waals surface area contributed by atoms with Crippen molar-refractivity contribution in [2.24, 2.45) is 5.92 Å². The molecule has 2 aromatic carbocycles. The van der Waals surface area contributed by atoms with Crippen LogP contribution in [0.4, 0.5) is 17.3 Å². The molecule has 2 heterocycles. The van der Waals surface area contributed by atoms with E-state index in [0.29, 0.717) is 11.6 Å². The minimum atomic E-state index is -0.0488. The molecule has 168 valence electrons. The van der Waals surface area contributed by atoms with Crippen molar-refractivity contribution in [3.63, 3.8) is 0 Å². The van der Waals surface area contributed by atoms with Crippen LogP contribution in [0.5, 0.6) is 0 Å². The number of nitrogens with one attached hydrogen (secondary N) is 3. The Morgan fingerprint density at radius 2 is 1.94 bits per heavy atom. The number of amides is 1. The van der Waals surface area contributed by atoms with Crippen LogP contribution < -0.4 is 16.4 Å². The van der Waals surface area contributed by atoms with Crippen molar-refractivity contribution >= 4 is 34.1 Å². The fraction of sp³-hybridized carbons (Fsp3) is 0.269. The number of hydrogen-bond acceptors (Lipinski definition) is 5. The molecule has 1 aliphatic carbocycles. The lowest BCUT2D eigenvalue weighted by molar-refractivity contribution is -0.120. The van der Waals surface area contributed by atoms with Gasteiger partial charge in [0, 0.05) is 52.2 Å². The first-order valence-electron chi connectivity index (χ1n) is 11.4. The van der Waals surface area contributed by atoms with Crippen LogP contribution in [0.3, 0.4) is 0 Å². The number of anilines is 3. The van der Waals surface area contributed by atoms with Crippen LogP contribution in [0.2, 0.25) is 0 Å². The molecule has 7 nitrogen and oxygen atoms in total. The lowest BCUT2D eigenvalue weighted by Gasteiger charge is -2.29. The molecule has 1 saturated carbocycles. The molecule has 4 aromatic rings. The summed E-state index contributed by atoms with van der Waals surface area (Å²) in [6, 6.07) is 15.6. The highest BCUT2D eigenvalue weighted by Crippen LogP contribution is 2.31. The van der Waals surface area contributed by atoms with Crippen LogP contribution in [-0.4, -0.2) is 26.9 Å². The van der Waals surface area contributed by atoms with E-state index in [1.165, 1.54) is 0 Å². The number of carbonyl (C=O) groups is 1. The van der Waals surface area contributed by atoms with Crippen molar-refractivity contribution in [2.45, 2.75) is 38.6 Å². The molecule has 2 aromatic heterocycles. The standard InChI is InChI=1S/C26H28N6O/c1-16-14-29-26(32-24(16)22-15-28-23-8-3-2-7-21(22)23)31-20-6-4-5-17(13-20)25(33)30-19-11-9-18(27)10-12-19/h2-3,7-12,14-15,17,20,28H,4-6,13,27H2,1H3,(H,30,33)(H,29,31,32)/t17-,20+/m0/s1. The van der Waals surface area contributed by atoms with E-state index in [2.05, 4.69) is 32.7 Å². The Kier molecular flexibility index (Phi) is 5.69. The molecular formula is C26H28N6O. The van der Waals surface area contributed by atoms with Gasteiger partial charge in [0.25, 0.3) is 0 Å². The molecule has 0 bridgehead atoms. The number of hydrogen-bond donors (Lipinski definition) is 4. The van der Waals surface area contributed by atoms with E-state index in [1.807, 2.05) is 43.6 Å². The Hall–Kier alpha value is -3.87. The van der Waals surface area contributed by atoms with E-state index in [1.54, 1.807) is 12.1 Å². The molecule has 5 rings (SSSR count). The zero-order chi connectivity index (χ0) is 22.8. The Morgan fingerprint density at radius 3 is 2.79 bits per heavy atom. The molecule has 0 aliphatic heterocycles. The minimum absolute atomic E-state index is 0.0488. The number of rotatable bonds is 5. The molecule has 0 saturated heterocycles. The van der Waals surface area contributed by atoms with Crippen molar-refractivity contribution in [3.8, 4) is 11.3 Å². The molecule has 1 amide bonds. The van der Waals surface area contributed by atoms with Gasteiger partial charge in [-0.25, -0.2) is 9.97 Å². The van der Waals surface area contributed by atoms with E-state index in [9.17, 15) is 4.79 Å². The van der Waals surface area contributed by atoms with Crippen molar-refractivity contribution in [3.05, 3.63) is 66.5 Å². The summed E-state index contributed by atoms with van der Waals surface area (Å²) in [7, 11) is 0. The largest absolute Gasteiger partial charge is 0.399 e. The zero-order valence-corrected chi connectivity index (χ0v) is 18.6. The number of aromatic nitrogens is 3. The maximum absolute atomic E-state index is 12.8. The quantitative estimate of drug-likeness (QED) is 0.322. The first-order chi connectivity index (χ1) is 16.1. The highest BCUT2D eigenvalue weighted by molar-refractivity contribution is 5.95. The second-order valence-corrected chi connectivity index (χ2v) is 8.79. The fourth-order valence-electron chi connectivity index (χ4n) is 4.60. The van der Waals surface area contributed by atoms with Gasteiger partial charge in [0.1, 0.15) is 0 Å². The summed E-state index contributed by atoms with van der Waals surface area (Å²) in [6.07, 6.45) is 7.47. The monoisotopic (exact) mass is 440 g/mol. The van der Waals surface area contributed by atoms with Gasteiger partial charge in [-0.2, -0.15) is 0 Å². The average molecular weight is 441 g/mol. The molecule has 2 atom stereocenters. The van der Waals surface area contributed by atoms with Crippen LogP contribution >= 0.6 is 0 Å². The Labute approximate surface area is 192 Å². The SMILES string of the molecule is Cc1cnc(N[C@@H]2CCC[C@H](C(=O)Nc3ccc(N)cc3)C2)nc1-c1c[nH]c2ccccc12. The van der Waals surface area contributed by atoms with Crippen LogP contribution in [0, 0.1) is 12.8 Å². The first-order valence-corrected chi connectivity index (χ1v) is 11.4. The van der Waals surface area contributed by atoms with Crippen LogP contribution in [0.15, 0.2) is 60.9 Å². The number of aryl methyl sites for hydroxylation is 1. The summed E-state index contributed by atoms with van der Waals surface area (Å²) < 4.78 is 0. The Morgan fingerprint density at radius 1 is 1.12 bits per heavy atom. The summed E-state index contributed by atoms with van der Waals surface area (Å²) in [5.74, 6) is 0.605. The predicted octanol–water partition coefficient (Wildman–Crippen LogP) is 5.12. The molecule has 5 N–H and O–H groups in total. The number of nitrogen functional groups attached to an aromatic ring is 1. The Balaban J connectivity index is 1.29. The van der Waals surface area contributed by atoms with Gasteiger partial charge in [0.2, 0.25) is 11.9 Å². The number of nitrogens with two attached hydrogens (primary N) is 1. The number of fused-ring (bicyclic) bond motifs is 1. The molecule has 1 aliphatic rings. The van der Waals surface area contributed by atoms with Gasteiger partial charge in [-0.1, -0.05) is 24.6 Å². The predicted molar refractivity (Wildman–Crippen MR) is 133 cm³/mol.